The lowest BCUT2D eigenvalue weighted by Gasteiger charge is -2.51. The number of rotatable bonds is 5. The molecule has 220 valence electrons. The Morgan fingerprint density at radius 1 is 0.949 bits per heavy atom. The third-order valence-electron chi connectivity index (χ3n) is 8.39. The Kier molecular flexibility index (Phi) is 8.38. The first-order valence-electron chi connectivity index (χ1n) is 14.9. The molecule has 1 aliphatic heterocycles. The first-order chi connectivity index (χ1) is 17.6. The van der Waals surface area contributed by atoms with E-state index in [9.17, 15) is 14.7 Å². The molecule has 2 fully saturated rings. The van der Waals surface area contributed by atoms with Crippen LogP contribution < -0.4 is 10.2 Å². The summed E-state index contributed by atoms with van der Waals surface area (Å²) >= 11 is 0. The van der Waals surface area contributed by atoms with Crippen molar-refractivity contribution in [2.75, 3.05) is 18.0 Å². The highest BCUT2D eigenvalue weighted by atomic mass is 16.3. The standard InChI is InChI=1S/C33H55N3O3/c1-29(2,3)24-18-23(19-25(26(24)37)30(4,5)6)36(27(38)22-16-14-13-15-17-22)32(9,10)21-35-20-31(7,8)34-33(11,12)28(35)39/h18-19,22,34,37H,13-17,20-21H2,1-12H3. The molecule has 1 aromatic rings. The zero-order chi connectivity index (χ0) is 29.8. The van der Waals surface area contributed by atoms with Gasteiger partial charge in [-0.3, -0.25) is 14.9 Å². The molecule has 2 amide bonds. The molecule has 3 rings (SSSR count). The van der Waals surface area contributed by atoms with Crippen LogP contribution in [0.1, 0.15) is 126 Å². The van der Waals surface area contributed by atoms with Gasteiger partial charge in [-0.2, -0.15) is 0 Å². The van der Waals surface area contributed by atoms with Crippen molar-refractivity contribution < 1.29 is 14.7 Å². The Bertz CT molecular complexity index is 1050. The van der Waals surface area contributed by atoms with Gasteiger partial charge in [0.15, 0.2) is 0 Å². The van der Waals surface area contributed by atoms with Crippen molar-refractivity contribution in [3.05, 3.63) is 23.3 Å². The summed E-state index contributed by atoms with van der Waals surface area (Å²) in [6.07, 6.45) is 5.11. The van der Waals surface area contributed by atoms with E-state index in [4.69, 9.17) is 0 Å². The van der Waals surface area contributed by atoms with Crippen molar-refractivity contribution in [1.82, 2.24) is 10.2 Å². The lowest BCUT2D eigenvalue weighted by molar-refractivity contribution is -0.145. The molecule has 0 spiro atoms. The summed E-state index contributed by atoms with van der Waals surface area (Å²) in [5, 5.41) is 14.9. The van der Waals surface area contributed by atoms with Gasteiger partial charge in [0.2, 0.25) is 11.8 Å². The largest absolute Gasteiger partial charge is 0.507 e. The summed E-state index contributed by atoms with van der Waals surface area (Å²) in [6.45, 7) is 25.9. The molecule has 2 aliphatic rings. The molecule has 6 nitrogen and oxygen atoms in total. The van der Waals surface area contributed by atoms with E-state index in [1.807, 2.05) is 35.8 Å². The van der Waals surface area contributed by atoms with Gasteiger partial charge in [-0.05, 0) is 77.3 Å². The number of nitrogens with zero attached hydrogens (tertiary/aromatic N) is 2. The van der Waals surface area contributed by atoms with Crippen LogP contribution in [0.5, 0.6) is 5.75 Å². The molecular weight excluding hydrogens is 486 g/mol. The average molecular weight is 542 g/mol. The van der Waals surface area contributed by atoms with Gasteiger partial charge in [-0.1, -0.05) is 60.8 Å². The smallest absolute Gasteiger partial charge is 0.242 e. The van der Waals surface area contributed by atoms with E-state index < -0.39 is 11.1 Å². The number of anilines is 1. The number of hydrogen-bond donors (Lipinski definition) is 2. The second-order valence-electron chi connectivity index (χ2n) is 16.0. The number of amides is 2. The molecule has 39 heavy (non-hydrogen) atoms. The number of phenolic OH excluding ortho intramolecular Hbond substituents is 1. The number of carbonyl (C=O) groups is 2. The van der Waals surface area contributed by atoms with Gasteiger partial charge in [-0.15, -0.1) is 0 Å². The summed E-state index contributed by atoms with van der Waals surface area (Å²) in [5.41, 5.74) is 0.249. The number of aromatic hydroxyl groups is 1. The van der Waals surface area contributed by atoms with Crippen LogP contribution in [0.15, 0.2) is 12.1 Å². The van der Waals surface area contributed by atoms with Gasteiger partial charge in [0.05, 0.1) is 11.1 Å². The molecule has 0 radical (unpaired) electrons. The van der Waals surface area contributed by atoms with Crippen LogP contribution in [0.2, 0.25) is 0 Å². The van der Waals surface area contributed by atoms with Crippen LogP contribution in [0.3, 0.4) is 0 Å². The molecule has 1 heterocycles. The molecule has 0 bridgehead atoms. The predicted octanol–water partition coefficient (Wildman–Crippen LogP) is 6.67. The zero-order valence-corrected chi connectivity index (χ0v) is 26.8. The molecule has 0 unspecified atom stereocenters. The summed E-state index contributed by atoms with van der Waals surface area (Å²) in [6, 6.07) is 4.03. The van der Waals surface area contributed by atoms with Crippen LogP contribution in [0.4, 0.5) is 5.69 Å². The maximum Gasteiger partial charge on any atom is 0.242 e. The van der Waals surface area contributed by atoms with Crippen LogP contribution in [-0.2, 0) is 20.4 Å². The SMILES string of the molecule is CC1(C)CN(CC(C)(C)N(C(=O)C2CCCCC2)c2cc(C(C)(C)C)c(O)c(C(C)(C)C)c2)C(=O)C(C)(C)N1. The van der Waals surface area contributed by atoms with Crippen LogP contribution in [0.25, 0.3) is 0 Å². The fourth-order valence-corrected chi connectivity index (χ4v) is 6.75. The fourth-order valence-electron chi connectivity index (χ4n) is 6.75. The minimum Gasteiger partial charge on any atom is -0.507 e. The quantitative estimate of drug-likeness (QED) is 0.437. The van der Waals surface area contributed by atoms with E-state index in [0.29, 0.717) is 18.8 Å². The lowest BCUT2D eigenvalue weighted by atomic mass is 9.78. The second kappa shape index (κ2) is 10.4. The van der Waals surface area contributed by atoms with Crippen LogP contribution in [-0.4, -0.2) is 51.5 Å². The van der Waals surface area contributed by atoms with E-state index >= 15 is 0 Å². The Morgan fingerprint density at radius 2 is 1.44 bits per heavy atom. The van der Waals surface area contributed by atoms with Gasteiger partial charge >= 0.3 is 0 Å². The maximum absolute atomic E-state index is 14.5. The summed E-state index contributed by atoms with van der Waals surface area (Å²) in [7, 11) is 0. The van der Waals surface area contributed by atoms with Gasteiger partial charge in [-0.25, -0.2) is 0 Å². The van der Waals surface area contributed by atoms with Gasteiger partial charge < -0.3 is 14.9 Å². The van der Waals surface area contributed by atoms with E-state index in [0.717, 1.165) is 42.5 Å². The van der Waals surface area contributed by atoms with E-state index in [2.05, 4.69) is 74.6 Å². The van der Waals surface area contributed by atoms with Crippen LogP contribution >= 0.6 is 0 Å². The number of piperazine rings is 1. The van der Waals surface area contributed by atoms with Gasteiger partial charge in [0.25, 0.3) is 0 Å². The van der Waals surface area contributed by atoms with Crippen molar-refractivity contribution in [1.29, 1.82) is 0 Å². The first-order valence-corrected chi connectivity index (χ1v) is 14.9. The summed E-state index contributed by atoms with van der Waals surface area (Å²) in [4.78, 5) is 32.0. The number of phenols is 1. The van der Waals surface area contributed by atoms with E-state index in [1.54, 1.807) is 0 Å². The summed E-state index contributed by atoms with van der Waals surface area (Å²) < 4.78 is 0. The number of carbonyl (C=O) groups excluding carboxylic acids is 2. The van der Waals surface area contributed by atoms with Crippen molar-refractivity contribution in [3.63, 3.8) is 0 Å². The average Bonchev–Trinajstić information content (AvgIpc) is 2.76. The molecule has 0 atom stereocenters. The first kappa shape index (κ1) is 31.4. The van der Waals surface area contributed by atoms with Crippen molar-refractivity contribution in [2.24, 2.45) is 5.92 Å². The number of hydrogen-bond acceptors (Lipinski definition) is 4. The Balaban J connectivity index is 2.19. The van der Waals surface area contributed by atoms with E-state index in [1.165, 1.54) is 6.42 Å². The molecular formula is C33H55N3O3. The monoisotopic (exact) mass is 541 g/mol. The molecule has 1 aromatic carbocycles. The Morgan fingerprint density at radius 3 is 1.90 bits per heavy atom. The normalized spacial score (nSPS) is 20.7. The second-order valence-corrected chi connectivity index (χ2v) is 16.0. The maximum atomic E-state index is 14.5. The zero-order valence-electron chi connectivity index (χ0n) is 26.8. The minimum atomic E-state index is -0.687. The van der Waals surface area contributed by atoms with E-state index in [-0.39, 0.29) is 34.1 Å². The predicted molar refractivity (Wildman–Crippen MR) is 162 cm³/mol. The van der Waals surface area contributed by atoms with Crippen molar-refractivity contribution in [2.45, 2.75) is 143 Å². The Labute approximate surface area is 237 Å². The highest BCUT2D eigenvalue weighted by Gasteiger charge is 2.47. The van der Waals surface area contributed by atoms with Gasteiger partial charge in [0.1, 0.15) is 5.75 Å². The minimum absolute atomic E-state index is 0.0328. The molecule has 1 aliphatic carbocycles. The molecule has 2 N–H and O–H groups in total. The molecule has 0 aromatic heterocycles. The topological polar surface area (TPSA) is 72.9 Å². The van der Waals surface area contributed by atoms with Crippen LogP contribution in [0, 0.1) is 5.92 Å². The van der Waals surface area contributed by atoms with Crippen molar-refractivity contribution >= 4 is 17.5 Å². The highest BCUT2D eigenvalue weighted by molar-refractivity contribution is 5.97. The Hall–Kier alpha value is -2.08. The number of benzene rings is 1. The molecule has 6 heteroatoms. The summed E-state index contributed by atoms with van der Waals surface area (Å²) in [5.74, 6) is 0.458. The third-order valence-corrected chi connectivity index (χ3v) is 8.39. The third kappa shape index (κ3) is 6.81. The fraction of sp³-hybridized carbons (Fsp3) is 0.758. The molecule has 1 saturated carbocycles. The highest BCUT2D eigenvalue weighted by Crippen LogP contribution is 2.44. The molecule has 1 saturated heterocycles. The number of nitrogens with one attached hydrogen (secondary N) is 1. The van der Waals surface area contributed by atoms with Gasteiger partial charge in [0, 0.05) is 41.4 Å². The van der Waals surface area contributed by atoms with Crippen molar-refractivity contribution in [3.8, 4) is 5.75 Å². The lowest BCUT2D eigenvalue weighted by Crippen LogP contribution is -2.71.